The molecule has 0 bridgehead atoms. The van der Waals surface area contributed by atoms with Gasteiger partial charge in [-0.1, -0.05) is 27.5 Å². The number of benzene rings is 1. The number of aryl methyl sites for hydroxylation is 2. The third-order valence-corrected chi connectivity index (χ3v) is 6.45. The predicted molar refractivity (Wildman–Crippen MR) is 83.7 cm³/mol. The fourth-order valence-corrected chi connectivity index (χ4v) is 3.90. The van der Waals surface area contributed by atoms with E-state index in [4.69, 9.17) is 11.6 Å². The first kappa shape index (κ1) is 14.5. The normalized spacial score (nSPS) is 12.8. The molecular formula is C13H10Br2ClFS. The number of halogens is 4. The van der Waals surface area contributed by atoms with Gasteiger partial charge in [-0.15, -0.1) is 11.3 Å². The van der Waals surface area contributed by atoms with Gasteiger partial charge >= 0.3 is 0 Å². The van der Waals surface area contributed by atoms with E-state index in [1.54, 1.807) is 17.4 Å². The smallest absolute Gasteiger partial charge is 0.129 e. The van der Waals surface area contributed by atoms with Gasteiger partial charge in [0.05, 0.1) is 9.85 Å². The molecule has 1 aromatic heterocycles. The van der Waals surface area contributed by atoms with E-state index in [0.29, 0.717) is 15.1 Å². The van der Waals surface area contributed by atoms with Crippen LogP contribution < -0.4 is 0 Å². The molecule has 1 atom stereocenters. The minimum absolute atomic E-state index is 0.166. The summed E-state index contributed by atoms with van der Waals surface area (Å²) in [5, 5.41) is 0.515. The number of thiophene rings is 1. The molecule has 1 heterocycles. The average molecular weight is 413 g/mol. The minimum Gasteiger partial charge on any atom is -0.207 e. The molecule has 2 rings (SSSR count). The van der Waals surface area contributed by atoms with Crippen molar-refractivity contribution in [2.75, 3.05) is 0 Å². The third kappa shape index (κ3) is 2.82. The lowest BCUT2D eigenvalue weighted by Crippen LogP contribution is -1.95. The lowest BCUT2D eigenvalue weighted by molar-refractivity contribution is 0.613. The summed E-state index contributed by atoms with van der Waals surface area (Å²) < 4.78 is 14.5. The van der Waals surface area contributed by atoms with Crippen molar-refractivity contribution in [2.24, 2.45) is 0 Å². The van der Waals surface area contributed by atoms with Crippen LogP contribution >= 0.6 is 54.8 Å². The van der Waals surface area contributed by atoms with Crippen LogP contribution in [0.4, 0.5) is 4.39 Å². The number of rotatable bonds is 2. The SMILES string of the molecule is Cc1cc(C(Br)c2cc(Cl)c(Br)cc2F)sc1C. The van der Waals surface area contributed by atoms with Crippen molar-refractivity contribution in [3.05, 3.63) is 54.4 Å². The molecule has 2 aromatic rings. The molecular weight excluding hydrogens is 402 g/mol. The van der Waals surface area contributed by atoms with Gasteiger partial charge in [-0.3, -0.25) is 0 Å². The second kappa shape index (κ2) is 5.61. The molecule has 1 unspecified atom stereocenters. The Morgan fingerprint density at radius 2 is 1.94 bits per heavy atom. The Kier molecular flexibility index (Phi) is 4.52. The Balaban J connectivity index is 2.45. The van der Waals surface area contributed by atoms with E-state index in [2.05, 4.69) is 51.8 Å². The zero-order valence-electron chi connectivity index (χ0n) is 9.73. The second-order valence-electron chi connectivity index (χ2n) is 4.04. The number of hydrogen-bond donors (Lipinski definition) is 0. The average Bonchev–Trinajstić information content (AvgIpc) is 2.63. The number of hydrogen-bond acceptors (Lipinski definition) is 1. The molecule has 0 nitrogen and oxygen atoms in total. The van der Waals surface area contributed by atoms with Crippen molar-refractivity contribution in [3.8, 4) is 0 Å². The summed E-state index contributed by atoms with van der Waals surface area (Å²) in [5.41, 5.74) is 1.78. The summed E-state index contributed by atoms with van der Waals surface area (Å²) in [6, 6.07) is 5.14. The first-order valence-corrected chi connectivity index (χ1v) is 8.16. The van der Waals surface area contributed by atoms with Crippen molar-refractivity contribution >= 4 is 54.8 Å². The molecule has 0 aliphatic heterocycles. The molecule has 5 heteroatoms. The molecule has 18 heavy (non-hydrogen) atoms. The van der Waals surface area contributed by atoms with Crippen molar-refractivity contribution in [2.45, 2.75) is 18.7 Å². The fourth-order valence-electron chi connectivity index (χ4n) is 1.61. The Labute approximate surface area is 131 Å². The van der Waals surface area contributed by atoms with Crippen molar-refractivity contribution in [1.29, 1.82) is 0 Å². The summed E-state index contributed by atoms with van der Waals surface area (Å²) in [4.78, 5) is 2.17. The number of alkyl halides is 1. The van der Waals surface area contributed by atoms with Crippen LogP contribution in [0.5, 0.6) is 0 Å². The van der Waals surface area contributed by atoms with Crippen LogP contribution in [-0.4, -0.2) is 0 Å². The summed E-state index contributed by atoms with van der Waals surface area (Å²) in [7, 11) is 0. The largest absolute Gasteiger partial charge is 0.207 e. The van der Waals surface area contributed by atoms with E-state index in [1.165, 1.54) is 16.5 Å². The van der Waals surface area contributed by atoms with Crippen LogP contribution in [0, 0.1) is 19.7 Å². The van der Waals surface area contributed by atoms with Crippen LogP contribution in [0.25, 0.3) is 0 Å². The summed E-state index contributed by atoms with van der Waals surface area (Å²) in [5.74, 6) is -0.267. The maximum atomic E-state index is 14.0. The van der Waals surface area contributed by atoms with Gasteiger partial charge in [0.15, 0.2) is 0 Å². The quantitative estimate of drug-likeness (QED) is 0.395. The molecule has 0 N–H and O–H groups in total. The van der Waals surface area contributed by atoms with E-state index in [-0.39, 0.29) is 10.6 Å². The van der Waals surface area contributed by atoms with Gasteiger partial charge in [0.2, 0.25) is 0 Å². The Morgan fingerprint density at radius 3 is 2.50 bits per heavy atom. The monoisotopic (exact) mass is 410 g/mol. The van der Waals surface area contributed by atoms with E-state index in [1.807, 2.05) is 0 Å². The Morgan fingerprint density at radius 1 is 1.28 bits per heavy atom. The van der Waals surface area contributed by atoms with Crippen molar-refractivity contribution in [3.63, 3.8) is 0 Å². The summed E-state index contributed by atoms with van der Waals surface area (Å²) in [6.07, 6.45) is 0. The van der Waals surface area contributed by atoms with Gasteiger partial charge in [0.1, 0.15) is 5.82 Å². The molecule has 0 aliphatic carbocycles. The van der Waals surface area contributed by atoms with E-state index in [9.17, 15) is 4.39 Å². The summed E-state index contributed by atoms with van der Waals surface area (Å²) in [6.45, 7) is 4.12. The Hall–Kier alpha value is 0.1000. The maximum Gasteiger partial charge on any atom is 0.129 e. The topological polar surface area (TPSA) is 0 Å². The molecule has 0 saturated heterocycles. The highest BCUT2D eigenvalue weighted by Gasteiger charge is 2.19. The van der Waals surface area contributed by atoms with Gasteiger partial charge < -0.3 is 0 Å². The molecule has 0 spiro atoms. The van der Waals surface area contributed by atoms with Crippen LogP contribution in [0.2, 0.25) is 5.02 Å². The second-order valence-corrected chi connectivity index (χ2v) is 7.50. The zero-order chi connectivity index (χ0) is 13.4. The van der Waals surface area contributed by atoms with Crippen LogP contribution in [0.1, 0.15) is 25.7 Å². The van der Waals surface area contributed by atoms with Gasteiger partial charge in [-0.25, -0.2) is 4.39 Å². The highest BCUT2D eigenvalue weighted by atomic mass is 79.9. The fraction of sp³-hybridized carbons (Fsp3) is 0.231. The van der Waals surface area contributed by atoms with Gasteiger partial charge in [-0.05, 0) is 53.5 Å². The lowest BCUT2D eigenvalue weighted by Gasteiger charge is -2.10. The van der Waals surface area contributed by atoms with Crippen LogP contribution in [-0.2, 0) is 0 Å². The van der Waals surface area contributed by atoms with Gasteiger partial charge in [-0.2, -0.15) is 0 Å². The van der Waals surface area contributed by atoms with Gasteiger partial charge in [0, 0.05) is 19.8 Å². The third-order valence-electron chi connectivity index (χ3n) is 2.75. The molecule has 0 aliphatic rings. The highest BCUT2D eigenvalue weighted by Crippen LogP contribution is 2.40. The van der Waals surface area contributed by atoms with Crippen molar-refractivity contribution in [1.82, 2.24) is 0 Å². The van der Waals surface area contributed by atoms with Crippen molar-refractivity contribution < 1.29 is 4.39 Å². The Bertz CT molecular complexity index is 575. The molecule has 0 fully saturated rings. The highest BCUT2D eigenvalue weighted by molar-refractivity contribution is 9.10. The minimum atomic E-state index is -0.267. The first-order valence-electron chi connectivity index (χ1n) is 5.25. The standard InChI is InChI=1S/C13H10Br2ClFS/c1-6-3-12(18-7(6)2)13(15)8-4-10(16)9(14)5-11(8)17/h3-5,13H,1-2H3. The van der Waals surface area contributed by atoms with Crippen LogP contribution in [0.15, 0.2) is 22.7 Å². The van der Waals surface area contributed by atoms with Gasteiger partial charge in [0.25, 0.3) is 0 Å². The predicted octanol–water partition coefficient (Wildman–Crippen LogP) is 6.40. The van der Waals surface area contributed by atoms with E-state index >= 15 is 0 Å². The zero-order valence-corrected chi connectivity index (χ0v) is 14.5. The molecule has 0 amide bonds. The maximum absolute atomic E-state index is 14.0. The van der Waals surface area contributed by atoms with E-state index in [0.717, 1.165) is 4.88 Å². The van der Waals surface area contributed by atoms with Crippen LogP contribution in [0.3, 0.4) is 0 Å². The van der Waals surface area contributed by atoms with E-state index < -0.39 is 0 Å². The first-order chi connectivity index (χ1) is 8.40. The lowest BCUT2D eigenvalue weighted by atomic mass is 10.1. The molecule has 96 valence electrons. The molecule has 1 aromatic carbocycles. The molecule has 0 saturated carbocycles. The molecule has 0 radical (unpaired) electrons. The summed E-state index contributed by atoms with van der Waals surface area (Å²) >= 11 is 14.5.